The Labute approximate surface area is 122 Å². The van der Waals surface area contributed by atoms with Crippen molar-refractivity contribution in [1.29, 1.82) is 0 Å². The highest BCUT2D eigenvalue weighted by atomic mass is 32.1. The molecule has 0 saturated heterocycles. The highest BCUT2D eigenvalue weighted by Crippen LogP contribution is 2.02. The Kier molecular flexibility index (Phi) is 9.73. The maximum Gasteiger partial charge on any atom is 0.223 e. The van der Waals surface area contributed by atoms with Crippen LogP contribution in [0.5, 0.6) is 0 Å². The smallest absolute Gasteiger partial charge is 0.223 e. The van der Waals surface area contributed by atoms with Gasteiger partial charge in [0.1, 0.15) is 0 Å². The van der Waals surface area contributed by atoms with Crippen LogP contribution in [0.1, 0.15) is 26.7 Å². The van der Waals surface area contributed by atoms with E-state index in [1.54, 1.807) is 19.1 Å². The minimum Gasteiger partial charge on any atom is -0.393 e. The van der Waals surface area contributed by atoms with Gasteiger partial charge in [-0.25, -0.2) is 0 Å². The van der Waals surface area contributed by atoms with Crippen LogP contribution in [-0.4, -0.2) is 67.1 Å². The summed E-state index contributed by atoms with van der Waals surface area (Å²) < 4.78 is 5.14. The molecule has 0 aromatic heterocycles. The molecule has 112 valence electrons. The number of nitrogens with zero attached hydrogens (tertiary/aromatic N) is 2. The second kappa shape index (κ2) is 10.1. The van der Waals surface area contributed by atoms with Gasteiger partial charge >= 0.3 is 0 Å². The van der Waals surface area contributed by atoms with E-state index >= 15 is 0 Å². The summed E-state index contributed by atoms with van der Waals surface area (Å²) in [6.45, 7) is 7.13. The molecule has 6 heteroatoms. The topological polar surface area (TPSA) is 58.8 Å². The number of hydrogen-bond donors (Lipinski definition) is 1. The van der Waals surface area contributed by atoms with Gasteiger partial charge in [0.25, 0.3) is 0 Å². The van der Waals surface area contributed by atoms with Gasteiger partial charge in [-0.3, -0.25) is 9.69 Å². The van der Waals surface area contributed by atoms with Crippen molar-refractivity contribution in [2.45, 2.75) is 32.7 Å². The molecule has 19 heavy (non-hydrogen) atoms. The van der Waals surface area contributed by atoms with Gasteiger partial charge in [-0.15, -0.1) is 0 Å². The van der Waals surface area contributed by atoms with E-state index in [0.717, 1.165) is 13.1 Å². The lowest BCUT2D eigenvalue weighted by molar-refractivity contribution is -0.130. The second-order valence-corrected chi connectivity index (χ2v) is 5.24. The molecule has 0 aliphatic carbocycles. The number of ether oxygens (including phenoxy) is 1. The van der Waals surface area contributed by atoms with Crippen molar-refractivity contribution in [3.05, 3.63) is 0 Å². The van der Waals surface area contributed by atoms with Gasteiger partial charge in [0.2, 0.25) is 5.91 Å². The third-order valence-electron chi connectivity index (χ3n) is 3.17. The van der Waals surface area contributed by atoms with Crippen molar-refractivity contribution in [2.24, 2.45) is 5.73 Å². The van der Waals surface area contributed by atoms with E-state index in [2.05, 4.69) is 18.7 Å². The summed E-state index contributed by atoms with van der Waals surface area (Å²) in [5.74, 6) is 0.124. The summed E-state index contributed by atoms with van der Waals surface area (Å²) in [5.41, 5.74) is 5.43. The number of nitrogens with two attached hydrogens (primary N) is 1. The van der Waals surface area contributed by atoms with E-state index in [-0.39, 0.29) is 5.91 Å². The van der Waals surface area contributed by atoms with E-state index in [1.165, 1.54) is 0 Å². The molecular weight excluding hydrogens is 262 g/mol. The Morgan fingerprint density at radius 1 is 1.37 bits per heavy atom. The first-order chi connectivity index (χ1) is 8.92. The van der Waals surface area contributed by atoms with Gasteiger partial charge < -0.3 is 15.4 Å². The summed E-state index contributed by atoms with van der Waals surface area (Å²) in [5, 5.41) is 0. The summed E-state index contributed by atoms with van der Waals surface area (Å²) in [6.07, 6.45) is 1.09. The van der Waals surface area contributed by atoms with Crippen LogP contribution in [0, 0.1) is 0 Å². The van der Waals surface area contributed by atoms with Gasteiger partial charge in [0.05, 0.1) is 11.6 Å². The fraction of sp³-hybridized carbons (Fsp3) is 0.846. The summed E-state index contributed by atoms with van der Waals surface area (Å²) in [6, 6.07) is 0.324. The van der Waals surface area contributed by atoms with Gasteiger partial charge in [0.15, 0.2) is 0 Å². The van der Waals surface area contributed by atoms with Crippen LogP contribution in [0.4, 0.5) is 0 Å². The van der Waals surface area contributed by atoms with Crippen molar-refractivity contribution < 1.29 is 9.53 Å². The molecule has 0 bridgehead atoms. The molecule has 1 atom stereocenters. The van der Waals surface area contributed by atoms with Crippen LogP contribution in [0.3, 0.4) is 0 Å². The first-order valence-corrected chi connectivity index (χ1v) is 7.08. The van der Waals surface area contributed by atoms with Gasteiger partial charge in [-0.1, -0.05) is 19.1 Å². The zero-order valence-corrected chi connectivity index (χ0v) is 13.3. The fourth-order valence-electron chi connectivity index (χ4n) is 1.87. The lowest BCUT2D eigenvalue weighted by Crippen LogP contribution is -2.39. The Bertz CT molecular complexity index is 287. The van der Waals surface area contributed by atoms with Crippen LogP contribution < -0.4 is 5.73 Å². The summed E-state index contributed by atoms with van der Waals surface area (Å²) in [7, 11) is 3.48. The molecule has 0 fully saturated rings. The summed E-state index contributed by atoms with van der Waals surface area (Å²) in [4.78, 5) is 16.3. The molecule has 1 unspecified atom stereocenters. The molecule has 2 N–H and O–H groups in total. The minimum atomic E-state index is 0.124. The minimum absolute atomic E-state index is 0.124. The Hall–Kier alpha value is -0.720. The van der Waals surface area contributed by atoms with Crippen LogP contribution in [0.25, 0.3) is 0 Å². The fourth-order valence-corrected chi connectivity index (χ4v) is 1.96. The maximum atomic E-state index is 11.9. The average Bonchev–Trinajstić information content (AvgIpc) is 2.36. The van der Waals surface area contributed by atoms with Crippen molar-refractivity contribution in [1.82, 2.24) is 9.80 Å². The molecule has 0 spiro atoms. The van der Waals surface area contributed by atoms with Crippen LogP contribution >= 0.6 is 12.2 Å². The molecule has 0 heterocycles. The van der Waals surface area contributed by atoms with E-state index in [4.69, 9.17) is 22.7 Å². The number of carbonyl (C=O) groups excluding carboxylic acids is 1. The van der Waals surface area contributed by atoms with E-state index in [9.17, 15) is 4.79 Å². The molecule has 5 nitrogen and oxygen atoms in total. The quantitative estimate of drug-likeness (QED) is 0.605. The van der Waals surface area contributed by atoms with E-state index in [0.29, 0.717) is 37.0 Å². The Morgan fingerprint density at radius 3 is 2.47 bits per heavy atom. The molecule has 0 aromatic rings. The number of methoxy groups -OCH3 is 1. The highest BCUT2D eigenvalue weighted by molar-refractivity contribution is 7.80. The third-order valence-corrected chi connectivity index (χ3v) is 3.37. The SMILES string of the molecule is CCN(CCC(=O)N(C)CCC(N)=S)C(C)COC. The molecular formula is C13H27N3O2S. The van der Waals surface area contributed by atoms with Gasteiger partial charge in [0, 0.05) is 46.1 Å². The third kappa shape index (κ3) is 8.13. The average molecular weight is 289 g/mol. The second-order valence-electron chi connectivity index (χ2n) is 4.71. The lowest BCUT2D eigenvalue weighted by Gasteiger charge is -2.27. The van der Waals surface area contributed by atoms with Crippen LogP contribution in [0.15, 0.2) is 0 Å². The predicted molar refractivity (Wildman–Crippen MR) is 82.2 cm³/mol. The predicted octanol–water partition coefficient (Wildman–Crippen LogP) is 0.868. The largest absolute Gasteiger partial charge is 0.393 e. The van der Waals surface area contributed by atoms with Gasteiger partial charge in [-0.05, 0) is 13.5 Å². The first kappa shape index (κ1) is 18.3. The number of hydrogen-bond acceptors (Lipinski definition) is 4. The van der Waals surface area contributed by atoms with E-state index in [1.807, 2.05) is 0 Å². The molecule has 1 amide bonds. The molecule has 0 aliphatic rings. The monoisotopic (exact) mass is 289 g/mol. The van der Waals surface area contributed by atoms with Crippen LogP contribution in [0.2, 0.25) is 0 Å². The number of thiocarbonyl (C=S) groups is 1. The zero-order valence-electron chi connectivity index (χ0n) is 12.5. The highest BCUT2D eigenvalue weighted by Gasteiger charge is 2.15. The van der Waals surface area contributed by atoms with Crippen molar-refractivity contribution in [3.63, 3.8) is 0 Å². The normalized spacial score (nSPS) is 12.5. The molecule has 0 rings (SSSR count). The number of rotatable bonds is 10. The number of amides is 1. The molecule has 0 radical (unpaired) electrons. The number of likely N-dealkylation sites (N-methyl/N-ethyl adjacent to an activating group) is 1. The Balaban J connectivity index is 4.07. The van der Waals surface area contributed by atoms with Crippen molar-refractivity contribution in [3.8, 4) is 0 Å². The zero-order chi connectivity index (χ0) is 14.8. The Morgan fingerprint density at radius 2 is 2.00 bits per heavy atom. The maximum absolute atomic E-state index is 11.9. The first-order valence-electron chi connectivity index (χ1n) is 6.67. The number of carbonyl (C=O) groups is 1. The molecule has 0 saturated carbocycles. The molecule has 0 aromatic carbocycles. The van der Waals surface area contributed by atoms with E-state index < -0.39 is 0 Å². The summed E-state index contributed by atoms with van der Waals surface area (Å²) >= 11 is 4.81. The van der Waals surface area contributed by atoms with Crippen molar-refractivity contribution in [2.75, 3.05) is 40.4 Å². The molecule has 0 aliphatic heterocycles. The van der Waals surface area contributed by atoms with Gasteiger partial charge in [-0.2, -0.15) is 0 Å². The standard InChI is InChI=1S/C13H27N3O2S/c1-5-16(11(2)10-18-4)9-7-13(17)15(3)8-6-12(14)19/h11H,5-10H2,1-4H3,(H2,14,19). The van der Waals surface area contributed by atoms with Crippen LogP contribution in [-0.2, 0) is 9.53 Å². The lowest BCUT2D eigenvalue weighted by atomic mass is 10.2. The van der Waals surface area contributed by atoms with Crippen molar-refractivity contribution >= 4 is 23.1 Å².